The number of sulfonamides is 1. The topological polar surface area (TPSA) is 86.8 Å². The third kappa shape index (κ3) is 8.53. The van der Waals surface area contributed by atoms with Crippen LogP contribution in [0.5, 0.6) is 0 Å². The molecule has 45 heavy (non-hydrogen) atoms. The zero-order valence-corrected chi connectivity index (χ0v) is 27.7. The molecule has 0 spiro atoms. The molecule has 2 amide bonds. The largest absolute Gasteiger partial charge is 0.352 e. The summed E-state index contributed by atoms with van der Waals surface area (Å²) in [4.78, 5) is 30.0. The van der Waals surface area contributed by atoms with Crippen LogP contribution in [0.25, 0.3) is 0 Å². The lowest BCUT2D eigenvalue weighted by molar-refractivity contribution is -0.140. The summed E-state index contributed by atoms with van der Waals surface area (Å²) in [6.45, 7) is 7.16. The lowest BCUT2D eigenvalue weighted by atomic mass is 10.0. The highest BCUT2D eigenvalue weighted by Gasteiger charge is 2.35. The molecule has 0 saturated carbocycles. The van der Waals surface area contributed by atoms with Crippen molar-refractivity contribution in [3.63, 3.8) is 0 Å². The van der Waals surface area contributed by atoms with Gasteiger partial charge in [-0.3, -0.25) is 13.9 Å². The Bertz CT molecular complexity index is 1700. The van der Waals surface area contributed by atoms with Crippen molar-refractivity contribution >= 4 is 39.1 Å². The molecule has 1 N–H and O–H groups in total. The number of halogens is 1. The molecule has 0 fully saturated rings. The standard InChI is InChI=1S/C36H40ClN3O4S/c1-5-27(3)38-36(42)34(23-29-13-8-6-9-14-29)39(24-30-21-19-26(2)20-22-30)35(41)25-40(33-18-12-17-32(37)28(33)4)45(43,44)31-15-10-7-11-16-31/h6-22,27,34H,5,23-25H2,1-4H3,(H,38,42)/t27-,34+/m1/s1. The minimum Gasteiger partial charge on any atom is -0.352 e. The van der Waals surface area contributed by atoms with Gasteiger partial charge < -0.3 is 10.2 Å². The third-order valence-corrected chi connectivity index (χ3v) is 10.0. The molecule has 0 heterocycles. The molecule has 2 atom stereocenters. The highest BCUT2D eigenvalue weighted by Crippen LogP contribution is 2.31. The Morgan fingerprint density at radius 1 is 0.822 bits per heavy atom. The van der Waals surface area contributed by atoms with Gasteiger partial charge in [-0.25, -0.2) is 8.42 Å². The van der Waals surface area contributed by atoms with Crippen molar-refractivity contribution < 1.29 is 18.0 Å². The van der Waals surface area contributed by atoms with E-state index in [9.17, 15) is 18.0 Å². The smallest absolute Gasteiger partial charge is 0.264 e. The molecule has 4 rings (SSSR count). The van der Waals surface area contributed by atoms with Crippen LogP contribution in [0.3, 0.4) is 0 Å². The first-order valence-corrected chi connectivity index (χ1v) is 16.8. The fourth-order valence-electron chi connectivity index (χ4n) is 4.98. The van der Waals surface area contributed by atoms with Gasteiger partial charge in [0.1, 0.15) is 12.6 Å². The van der Waals surface area contributed by atoms with E-state index in [1.807, 2.05) is 75.4 Å². The van der Waals surface area contributed by atoms with E-state index in [0.717, 1.165) is 21.0 Å². The summed E-state index contributed by atoms with van der Waals surface area (Å²) in [6.07, 6.45) is 0.967. The fraction of sp³-hybridized carbons (Fsp3) is 0.278. The van der Waals surface area contributed by atoms with E-state index in [4.69, 9.17) is 11.6 Å². The molecule has 0 bridgehead atoms. The molecule has 0 unspecified atom stereocenters. The summed E-state index contributed by atoms with van der Waals surface area (Å²) in [5.41, 5.74) is 3.57. The number of rotatable bonds is 13. The number of carbonyl (C=O) groups excluding carboxylic acids is 2. The van der Waals surface area contributed by atoms with Gasteiger partial charge in [-0.05, 0) is 68.1 Å². The van der Waals surface area contributed by atoms with Crippen LogP contribution in [0.2, 0.25) is 5.02 Å². The Morgan fingerprint density at radius 3 is 2.07 bits per heavy atom. The Hall–Kier alpha value is -4.14. The summed E-state index contributed by atoms with van der Waals surface area (Å²) in [7, 11) is -4.20. The number of anilines is 1. The van der Waals surface area contributed by atoms with E-state index in [0.29, 0.717) is 22.7 Å². The van der Waals surface area contributed by atoms with E-state index in [2.05, 4.69) is 5.32 Å². The van der Waals surface area contributed by atoms with Crippen molar-refractivity contribution in [3.8, 4) is 0 Å². The van der Waals surface area contributed by atoms with Crippen LogP contribution >= 0.6 is 11.6 Å². The molecule has 7 nitrogen and oxygen atoms in total. The molecule has 9 heteroatoms. The summed E-state index contributed by atoms with van der Waals surface area (Å²) < 4.78 is 29.4. The molecule has 0 radical (unpaired) electrons. The van der Waals surface area contributed by atoms with Gasteiger partial charge in [-0.15, -0.1) is 0 Å². The third-order valence-electron chi connectivity index (χ3n) is 7.86. The average Bonchev–Trinajstić information content (AvgIpc) is 3.04. The number of aryl methyl sites for hydroxylation is 1. The van der Waals surface area contributed by atoms with Crippen LogP contribution in [0.1, 0.15) is 42.5 Å². The summed E-state index contributed by atoms with van der Waals surface area (Å²) in [6, 6.07) is 29.2. The number of nitrogens with zero attached hydrogens (tertiary/aromatic N) is 2. The molecule has 0 aromatic heterocycles. The molecule has 0 aliphatic carbocycles. The maximum absolute atomic E-state index is 14.6. The monoisotopic (exact) mass is 645 g/mol. The second kappa shape index (κ2) is 15.2. The van der Waals surface area contributed by atoms with Crippen molar-refractivity contribution in [2.75, 3.05) is 10.8 Å². The fourth-order valence-corrected chi connectivity index (χ4v) is 6.65. The highest BCUT2D eigenvalue weighted by atomic mass is 35.5. The second-order valence-electron chi connectivity index (χ2n) is 11.2. The van der Waals surface area contributed by atoms with Crippen molar-refractivity contribution in [3.05, 3.63) is 130 Å². The first-order valence-electron chi connectivity index (χ1n) is 15.0. The van der Waals surface area contributed by atoms with Crippen molar-refractivity contribution in [1.29, 1.82) is 0 Å². The first kappa shape index (κ1) is 33.7. The van der Waals surface area contributed by atoms with E-state index in [-0.39, 0.29) is 29.8 Å². The Balaban J connectivity index is 1.83. The van der Waals surface area contributed by atoms with Crippen molar-refractivity contribution in [2.45, 2.75) is 64.1 Å². The van der Waals surface area contributed by atoms with Gasteiger partial charge in [0.05, 0.1) is 10.6 Å². The number of hydrogen-bond donors (Lipinski definition) is 1. The molecule has 4 aromatic rings. The lowest BCUT2D eigenvalue weighted by Gasteiger charge is -2.34. The zero-order chi connectivity index (χ0) is 32.6. The normalized spacial score (nSPS) is 12.6. The minimum atomic E-state index is -4.20. The Morgan fingerprint density at radius 2 is 1.44 bits per heavy atom. The van der Waals surface area contributed by atoms with E-state index >= 15 is 0 Å². The van der Waals surface area contributed by atoms with Gasteiger partial charge in [-0.2, -0.15) is 0 Å². The van der Waals surface area contributed by atoms with E-state index in [1.54, 1.807) is 43.3 Å². The Kier molecular flexibility index (Phi) is 11.4. The number of benzene rings is 4. The van der Waals surface area contributed by atoms with Crippen LogP contribution in [0.4, 0.5) is 5.69 Å². The predicted molar refractivity (Wildman–Crippen MR) is 181 cm³/mol. The van der Waals surface area contributed by atoms with Gasteiger partial charge >= 0.3 is 0 Å². The van der Waals surface area contributed by atoms with Crippen LogP contribution in [0, 0.1) is 13.8 Å². The first-order chi connectivity index (χ1) is 21.5. The highest BCUT2D eigenvalue weighted by molar-refractivity contribution is 7.92. The number of hydrogen-bond acceptors (Lipinski definition) is 4. The minimum absolute atomic E-state index is 0.0395. The quantitative estimate of drug-likeness (QED) is 0.175. The van der Waals surface area contributed by atoms with Crippen LogP contribution < -0.4 is 9.62 Å². The number of nitrogens with one attached hydrogen (secondary N) is 1. The van der Waals surface area contributed by atoms with Gasteiger partial charge in [0.2, 0.25) is 11.8 Å². The van der Waals surface area contributed by atoms with E-state index < -0.39 is 28.5 Å². The lowest BCUT2D eigenvalue weighted by Crippen LogP contribution is -2.54. The average molecular weight is 646 g/mol. The summed E-state index contributed by atoms with van der Waals surface area (Å²) in [5.74, 6) is -0.820. The summed E-state index contributed by atoms with van der Waals surface area (Å²) >= 11 is 6.45. The van der Waals surface area contributed by atoms with Crippen LogP contribution in [-0.2, 0) is 32.6 Å². The summed E-state index contributed by atoms with van der Waals surface area (Å²) in [5, 5.41) is 3.43. The molecule has 0 aliphatic rings. The zero-order valence-electron chi connectivity index (χ0n) is 26.1. The van der Waals surface area contributed by atoms with Gasteiger partial charge in [0.15, 0.2) is 0 Å². The van der Waals surface area contributed by atoms with Crippen LogP contribution in [0.15, 0.2) is 108 Å². The number of amides is 2. The molecule has 236 valence electrons. The number of carbonyl (C=O) groups is 2. The molecular weight excluding hydrogens is 606 g/mol. The van der Waals surface area contributed by atoms with Gasteiger partial charge in [-0.1, -0.05) is 103 Å². The maximum atomic E-state index is 14.6. The molecular formula is C36H40ClN3O4S. The Labute approximate surface area is 271 Å². The van der Waals surface area contributed by atoms with E-state index in [1.165, 1.54) is 17.0 Å². The SMILES string of the molecule is CC[C@@H](C)NC(=O)[C@H](Cc1ccccc1)N(Cc1ccc(C)cc1)C(=O)CN(c1cccc(Cl)c1C)S(=O)(=O)c1ccccc1. The molecule has 0 saturated heterocycles. The maximum Gasteiger partial charge on any atom is 0.264 e. The predicted octanol–water partition coefficient (Wildman–Crippen LogP) is 6.71. The molecule has 0 aliphatic heterocycles. The van der Waals surface area contributed by atoms with Crippen LogP contribution in [-0.4, -0.2) is 43.8 Å². The van der Waals surface area contributed by atoms with Crippen molar-refractivity contribution in [1.82, 2.24) is 10.2 Å². The van der Waals surface area contributed by atoms with Gasteiger partial charge in [0, 0.05) is 24.0 Å². The van der Waals surface area contributed by atoms with Gasteiger partial charge in [0.25, 0.3) is 10.0 Å². The van der Waals surface area contributed by atoms with Crippen molar-refractivity contribution in [2.24, 2.45) is 0 Å². The second-order valence-corrected chi connectivity index (χ2v) is 13.5. The molecule has 4 aromatic carbocycles.